The van der Waals surface area contributed by atoms with Crippen LogP contribution in [0.4, 0.5) is 5.69 Å². The summed E-state index contributed by atoms with van der Waals surface area (Å²) >= 11 is 0. The molecule has 2 atom stereocenters. The predicted octanol–water partition coefficient (Wildman–Crippen LogP) is 4.57. The molecule has 4 aromatic carbocycles. The molecule has 42 heavy (non-hydrogen) atoms. The van der Waals surface area contributed by atoms with Crippen molar-refractivity contribution < 1.29 is 19.5 Å². The van der Waals surface area contributed by atoms with E-state index in [4.69, 9.17) is 0 Å². The average Bonchev–Trinajstić information content (AvgIpc) is 3.61. The highest BCUT2D eigenvalue weighted by Crippen LogP contribution is 2.28. The van der Waals surface area contributed by atoms with Gasteiger partial charge in [0.1, 0.15) is 23.7 Å². The second-order valence-corrected chi connectivity index (χ2v) is 10.4. The van der Waals surface area contributed by atoms with Gasteiger partial charge in [-0.05, 0) is 52.6 Å². The third-order valence-electron chi connectivity index (χ3n) is 7.58. The van der Waals surface area contributed by atoms with E-state index in [-0.39, 0.29) is 18.2 Å². The standard InChI is InChI=1S/C33H29N5O4/c39-31(25-13-12-23-8-4-5-9-24(23)20-25)34-26-14-10-22(11-15-26)18-27(33(41)42)35-32(40)28-16-17-29-36-37-30(38(28)29)19-21-6-2-1-3-7-21/h1-15,20,27-28H,16-19H2,(H,34,39)(H,35,40)(H,41,42). The summed E-state index contributed by atoms with van der Waals surface area (Å²) in [7, 11) is 0. The quantitative estimate of drug-likeness (QED) is 0.243. The van der Waals surface area contributed by atoms with Crippen molar-refractivity contribution >= 4 is 34.2 Å². The molecule has 9 nitrogen and oxygen atoms in total. The first-order chi connectivity index (χ1) is 20.4. The lowest BCUT2D eigenvalue weighted by Gasteiger charge is -2.20. The van der Waals surface area contributed by atoms with E-state index in [1.807, 2.05) is 71.3 Å². The Morgan fingerprint density at radius 2 is 1.60 bits per heavy atom. The molecular weight excluding hydrogens is 530 g/mol. The van der Waals surface area contributed by atoms with Crippen LogP contribution in [0.2, 0.25) is 0 Å². The minimum atomic E-state index is -1.12. The van der Waals surface area contributed by atoms with Gasteiger partial charge in [-0.3, -0.25) is 9.59 Å². The number of rotatable bonds is 9. The van der Waals surface area contributed by atoms with Crippen LogP contribution in [0.3, 0.4) is 0 Å². The van der Waals surface area contributed by atoms with Crippen LogP contribution in [-0.4, -0.2) is 43.7 Å². The van der Waals surface area contributed by atoms with E-state index in [0.717, 1.165) is 22.2 Å². The molecule has 1 aliphatic rings. The Morgan fingerprint density at radius 1 is 0.857 bits per heavy atom. The fourth-order valence-electron chi connectivity index (χ4n) is 5.39. The summed E-state index contributed by atoms with van der Waals surface area (Å²) in [4.78, 5) is 38.2. The lowest BCUT2D eigenvalue weighted by molar-refractivity contribution is -0.142. The van der Waals surface area contributed by atoms with Gasteiger partial charge in [0.15, 0.2) is 0 Å². The van der Waals surface area contributed by atoms with E-state index in [1.165, 1.54) is 0 Å². The predicted molar refractivity (Wildman–Crippen MR) is 158 cm³/mol. The van der Waals surface area contributed by atoms with Gasteiger partial charge in [-0.25, -0.2) is 4.79 Å². The van der Waals surface area contributed by atoms with E-state index in [9.17, 15) is 19.5 Å². The fraction of sp³-hybridized carbons (Fsp3) is 0.182. The summed E-state index contributed by atoms with van der Waals surface area (Å²) in [6.45, 7) is 0. The summed E-state index contributed by atoms with van der Waals surface area (Å²) in [6.07, 6.45) is 1.77. The highest BCUT2D eigenvalue weighted by Gasteiger charge is 2.34. The van der Waals surface area contributed by atoms with Crippen molar-refractivity contribution in [2.45, 2.75) is 37.8 Å². The molecule has 0 spiro atoms. The number of benzene rings is 4. The number of carboxylic acid groups (broad SMARTS) is 1. The Hall–Kier alpha value is -5.31. The van der Waals surface area contributed by atoms with E-state index < -0.39 is 18.1 Å². The molecule has 2 amide bonds. The molecule has 2 heterocycles. The molecule has 0 radical (unpaired) electrons. The van der Waals surface area contributed by atoms with E-state index in [0.29, 0.717) is 41.9 Å². The molecule has 5 aromatic rings. The first-order valence-electron chi connectivity index (χ1n) is 13.8. The Morgan fingerprint density at radius 3 is 2.36 bits per heavy atom. The molecule has 9 heteroatoms. The fourth-order valence-corrected chi connectivity index (χ4v) is 5.39. The molecular formula is C33H29N5O4. The van der Waals surface area contributed by atoms with Crippen molar-refractivity contribution in [2.75, 3.05) is 5.32 Å². The van der Waals surface area contributed by atoms with Gasteiger partial charge in [-0.15, -0.1) is 10.2 Å². The van der Waals surface area contributed by atoms with Crippen molar-refractivity contribution in [3.63, 3.8) is 0 Å². The smallest absolute Gasteiger partial charge is 0.326 e. The minimum Gasteiger partial charge on any atom is -0.480 e. The van der Waals surface area contributed by atoms with Crippen LogP contribution in [0.1, 0.15) is 45.6 Å². The van der Waals surface area contributed by atoms with Crippen LogP contribution in [-0.2, 0) is 28.9 Å². The number of aryl methyl sites for hydroxylation is 1. The lowest BCUT2D eigenvalue weighted by atomic mass is 10.0. The molecule has 6 rings (SSSR count). The maximum absolute atomic E-state index is 13.3. The molecule has 0 bridgehead atoms. The number of fused-ring (bicyclic) bond motifs is 2. The Bertz CT molecular complexity index is 1760. The van der Waals surface area contributed by atoms with Gasteiger partial charge in [0.2, 0.25) is 5.91 Å². The summed E-state index contributed by atoms with van der Waals surface area (Å²) in [5.41, 5.74) is 2.90. The van der Waals surface area contributed by atoms with E-state index in [1.54, 1.807) is 30.3 Å². The second kappa shape index (κ2) is 11.7. The largest absolute Gasteiger partial charge is 0.480 e. The van der Waals surface area contributed by atoms with E-state index >= 15 is 0 Å². The number of amides is 2. The third-order valence-corrected chi connectivity index (χ3v) is 7.58. The lowest BCUT2D eigenvalue weighted by Crippen LogP contribution is -2.45. The highest BCUT2D eigenvalue weighted by atomic mass is 16.4. The number of nitrogens with zero attached hydrogens (tertiary/aromatic N) is 3. The summed E-state index contributed by atoms with van der Waals surface area (Å²) in [5, 5.41) is 26.1. The van der Waals surface area contributed by atoms with Gasteiger partial charge in [-0.2, -0.15) is 0 Å². The number of carbonyl (C=O) groups is 3. The van der Waals surface area contributed by atoms with E-state index in [2.05, 4.69) is 20.8 Å². The zero-order valence-electron chi connectivity index (χ0n) is 22.7. The number of aromatic nitrogens is 3. The molecule has 0 saturated heterocycles. The van der Waals surface area contributed by atoms with Gasteiger partial charge in [0.25, 0.3) is 5.91 Å². The second-order valence-electron chi connectivity index (χ2n) is 10.4. The normalized spacial score (nSPS) is 14.7. The highest BCUT2D eigenvalue weighted by molar-refractivity contribution is 6.06. The summed E-state index contributed by atoms with van der Waals surface area (Å²) in [5.74, 6) is -0.310. The number of nitrogens with one attached hydrogen (secondary N) is 2. The van der Waals surface area contributed by atoms with Gasteiger partial charge in [0.05, 0.1) is 0 Å². The van der Waals surface area contributed by atoms with Crippen molar-refractivity contribution in [1.29, 1.82) is 0 Å². The molecule has 1 aliphatic heterocycles. The average molecular weight is 560 g/mol. The van der Waals surface area contributed by atoms with Crippen LogP contribution in [0.5, 0.6) is 0 Å². The molecule has 0 aliphatic carbocycles. The zero-order chi connectivity index (χ0) is 29.1. The van der Waals surface area contributed by atoms with Crippen LogP contribution in [0.25, 0.3) is 10.8 Å². The van der Waals surface area contributed by atoms with Crippen molar-refractivity contribution in [3.8, 4) is 0 Å². The number of carbonyl (C=O) groups excluding carboxylic acids is 2. The molecule has 0 fully saturated rings. The molecule has 210 valence electrons. The van der Waals surface area contributed by atoms with Crippen molar-refractivity contribution in [1.82, 2.24) is 20.1 Å². The molecule has 3 N–H and O–H groups in total. The number of aliphatic carboxylic acids is 1. The molecule has 1 aromatic heterocycles. The number of carboxylic acids is 1. The Labute approximate surface area is 242 Å². The first kappa shape index (κ1) is 26.9. The monoisotopic (exact) mass is 559 g/mol. The van der Waals surface area contributed by atoms with Crippen molar-refractivity contribution in [3.05, 3.63) is 125 Å². The van der Waals surface area contributed by atoms with Crippen LogP contribution >= 0.6 is 0 Å². The van der Waals surface area contributed by atoms with Gasteiger partial charge >= 0.3 is 5.97 Å². The number of hydrogen-bond acceptors (Lipinski definition) is 5. The maximum Gasteiger partial charge on any atom is 0.326 e. The molecule has 2 unspecified atom stereocenters. The maximum atomic E-state index is 13.3. The van der Waals surface area contributed by atoms with Crippen molar-refractivity contribution in [2.24, 2.45) is 0 Å². The third kappa shape index (κ3) is 5.76. The topological polar surface area (TPSA) is 126 Å². The van der Waals surface area contributed by atoms with Gasteiger partial charge < -0.3 is 20.3 Å². The van der Waals surface area contributed by atoms with Crippen LogP contribution < -0.4 is 10.6 Å². The zero-order valence-corrected chi connectivity index (χ0v) is 22.7. The van der Waals surface area contributed by atoms with Crippen LogP contribution in [0.15, 0.2) is 97.1 Å². The number of anilines is 1. The Balaban J connectivity index is 1.10. The van der Waals surface area contributed by atoms with Gasteiger partial charge in [-0.1, -0.05) is 72.8 Å². The first-order valence-corrected chi connectivity index (χ1v) is 13.8. The molecule has 0 saturated carbocycles. The van der Waals surface area contributed by atoms with Gasteiger partial charge in [0, 0.05) is 30.5 Å². The summed E-state index contributed by atoms with van der Waals surface area (Å²) in [6, 6.07) is 28.5. The van der Waals surface area contributed by atoms with Crippen LogP contribution in [0, 0.1) is 0 Å². The Kier molecular flexibility index (Phi) is 7.47. The minimum absolute atomic E-state index is 0.0958. The number of hydrogen-bond donors (Lipinski definition) is 3. The summed E-state index contributed by atoms with van der Waals surface area (Å²) < 4.78 is 1.84. The SMILES string of the molecule is O=C(Nc1ccc(CC(NC(=O)C2CCc3nnc(Cc4ccccc4)n32)C(=O)O)cc1)c1ccc2ccccc2c1.